The molecule has 1 aliphatic heterocycles. The van der Waals surface area contributed by atoms with Gasteiger partial charge >= 0.3 is 0 Å². The van der Waals surface area contributed by atoms with Crippen LogP contribution < -0.4 is 5.32 Å². The molecule has 6 nitrogen and oxygen atoms in total. The number of pyridine rings is 1. The summed E-state index contributed by atoms with van der Waals surface area (Å²) in [6.07, 6.45) is 5.94. The number of hydrogen-bond donors (Lipinski definition) is 1. The van der Waals surface area contributed by atoms with Gasteiger partial charge in [-0.25, -0.2) is 0 Å². The van der Waals surface area contributed by atoms with E-state index in [-0.39, 0.29) is 5.91 Å². The Hall–Kier alpha value is -1.86. The lowest BCUT2D eigenvalue weighted by molar-refractivity contribution is -0.117. The molecule has 0 aliphatic carbocycles. The van der Waals surface area contributed by atoms with Gasteiger partial charge in [0.15, 0.2) is 0 Å². The summed E-state index contributed by atoms with van der Waals surface area (Å²) < 4.78 is 0. The van der Waals surface area contributed by atoms with Crippen LogP contribution in [0.4, 0.5) is 5.13 Å². The number of amides is 1. The van der Waals surface area contributed by atoms with Gasteiger partial charge in [0.1, 0.15) is 5.51 Å². The van der Waals surface area contributed by atoms with Crippen LogP contribution in [-0.4, -0.2) is 45.6 Å². The second-order valence-corrected chi connectivity index (χ2v) is 5.98. The molecule has 0 saturated carbocycles. The maximum atomic E-state index is 12.0. The van der Waals surface area contributed by atoms with E-state index in [0.29, 0.717) is 17.6 Å². The first-order chi connectivity index (χ1) is 10.3. The van der Waals surface area contributed by atoms with Gasteiger partial charge in [-0.15, -0.1) is 10.2 Å². The van der Waals surface area contributed by atoms with Crippen molar-refractivity contribution in [1.82, 2.24) is 20.1 Å². The van der Waals surface area contributed by atoms with Crippen molar-refractivity contribution >= 4 is 22.4 Å². The van der Waals surface area contributed by atoms with Crippen molar-refractivity contribution in [3.63, 3.8) is 0 Å². The fourth-order valence-electron chi connectivity index (χ4n) is 2.70. The molecular formula is C14H17N5OS. The molecule has 1 aliphatic rings. The van der Waals surface area contributed by atoms with Gasteiger partial charge in [0.2, 0.25) is 11.0 Å². The van der Waals surface area contributed by atoms with E-state index in [1.807, 2.05) is 12.4 Å². The Bertz CT molecular complexity index is 574. The summed E-state index contributed by atoms with van der Waals surface area (Å²) >= 11 is 1.33. The summed E-state index contributed by atoms with van der Waals surface area (Å²) in [4.78, 5) is 18.3. The molecule has 110 valence electrons. The summed E-state index contributed by atoms with van der Waals surface area (Å²) in [5.74, 6) is 0.457. The summed E-state index contributed by atoms with van der Waals surface area (Å²) in [5.41, 5.74) is 2.91. The van der Waals surface area contributed by atoms with Crippen LogP contribution >= 0.6 is 11.3 Å². The van der Waals surface area contributed by atoms with E-state index in [4.69, 9.17) is 0 Å². The van der Waals surface area contributed by atoms with Crippen molar-refractivity contribution in [2.45, 2.75) is 18.8 Å². The van der Waals surface area contributed by atoms with Gasteiger partial charge in [-0.05, 0) is 43.0 Å². The van der Waals surface area contributed by atoms with E-state index in [0.717, 1.165) is 19.5 Å². The fourth-order valence-corrected chi connectivity index (χ4v) is 3.16. The van der Waals surface area contributed by atoms with Crippen molar-refractivity contribution in [3.05, 3.63) is 35.6 Å². The number of nitrogens with zero attached hydrogens (tertiary/aromatic N) is 4. The second-order valence-electron chi connectivity index (χ2n) is 5.15. The lowest BCUT2D eigenvalue weighted by atomic mass is 9.91. The quantitative estimate of drug-likeness (QED) is 0.932. The van der Waals surface area contributed by atoms with E-state index in [1.54, 1.807) is 5.51 Å². The zero-order valence-electron chi connectivity index (χ0n) is 11.6. The highest BCUT2D eigenvalue weighted by Gasteiger charge is 2.22. The maximum Gasteiger partial charge on any atom is 0.240 e. The van der Waals surface area contributed by atoms with Crippen LogP contribution in [0, 0.1) is 0 Å². The van der Waals surface area contributed by atoms with Gasteiger partial charge in [-0.1, -0.05) is 11.3 Å². The molecule has 1 N–H and O–H groups in total. The topological polar surface area (TPSA) is 71.0 Å². The number of carbonyl (C=O) groups is 1. The number of nitrogens with one attached hydrogen (secondary N) is 1. The van der Waals surface area contributed by atoms with Crippen LogP contribution in [0.3, 0.4) is 0 Å². The van der Waals surface area contributed by atoms with Crippen molar-refractivity contribution in [3.8, 4) is 0 Å². The first kappa shape index (κ1) is 14.1. The number of likely N-dealkylation sites (tertiary alicyclic amines) is 1. The molecule has 7 heteroatoms. The zero-order chi connectivity index (χ0) is 14.5. The van der Waals surface area contributed by atoms with Gasteiger partial charge in [-0.2, -0.15) is 0 Å². The highest BCUT2D eigenvalue weighted by molar-refractivity contribution is 7.13. The largest absolute Gasteiger partial charge is 0.299 e. The lowest BCUT2D eigenvalue weighted by Crippen LogP contribution is -2.39. The molecule has 0 spiro atoms. The molecule has 2 aromatic rings. The highest BCUT2D eigenvalue weighted by Crippen LogP contribution is 2.26. The van der Waals surface area contributed by atoms with E-state index >= 15 is 0 Å². The second kappa shape index (κ2) is 6.73. The average Bonchev–Trinajstić information content (AvgIpc) is 3.01. The molecule has 3 rings (SSSR count). The summed E-state index contributed by atoms with van der Waals surface area (Å²) in [6, 6.07) is 4.13. The van der Waals surface area contributed by atoms with Crippen LogP contribution in [0.5, 0.6) is 0 Å². The molecule has 0 aromatic carbocycles. The third-order valence-electron chi connectivity index (χ3n) is 3.66. The number of piperidine rings is 1. The normalized spacial score (nSPS) is 19.3. The Morgan fingerprint density at radius 3 is 3.05 bits per heavy atom. The third kappa shape index (κ3) is 3.83. The Labute approximate surface area is 127 Å². The van der Waals surface area contributed by atoms with Crippen LogP contribution in [0.2, 0.25) is 0 Å². The summed E-state index contributed by atoms with van der Waals surface area (Å²) in [5, 5.41) is 10.9. The minimum atomic E-state index is -0.0258. The Kier molecular flexibility index (Phi) is 4.52. The van der Waals surface area contributed by atoms with Crippen LogP contribution in [0.25, 0.3) is 0 Å². The molecule has 2 aromatic heterocycles. The van der Waals surface area contributed by atoms with E-state index in [2.05, 4.69) is 37.5 Å². The maximum absolute atomic E-state index is 12.0. The number of carbonyl (C=O) groups excluding carboxylic acids is 1. The van der Waals surface area contributed by atoms with Gasteiger partial charge in [-0.3, -0.25) is 20.0 Å². The summed E-state index contributed by atoms with van der Waals surface area (Å²) in [6.45, 7) is 2.28. The fraction of sp³-hybridized carbons (Fsp3) is 0.429. The smallest absolute Gasteiger partial charge is 0.240 e. The van der Waals surface area contributed by atoms with E-state index < -0.39 is 0 Å². The number of rotatable bonds is 4. The van der Waals surface area contributed by atoms with E-state index in [1.165, 1.54) is 23.3 Å². The van der Waals surface area contributed by atoms with Gasteiger partial charge in [0.25, 0.3) is 0 Å². The molecule has 1 saturated heterocycles. The van der Waals surface area contributed by atoms with Crippen LogP contribution in [-0.2, 0) is 4.79 Å². The summed E-state index contributed by atoms with van der Waals surface area (Å²) in [7, 11) is 0. The van der Waals surface area contributed by atoms with E-state index in [9.17, 15) is 4.79 Å². The van der Waals surface area contributed by atoms with Crippen molar-refractivity contribution in [1.29, 1.82) is 0 Å². The Balaban J connectivity index is 1.55. The molecule has 1 amide bonds. The molecular weight excluding hydrogens is 286 g/mol. The van der Waals surface area contributed by atoms with Gasteiger partial charge in [0, 0.05) is 18.9 Å². The number of aromatic nitrogens is 3. The van der Waals surface area contributed by atoms with Gasteiger partial charge in [0.05, 0.1) is 6.54 Å². The van der Waals surface area contributed by atoms with Crippen LogP contribution in [0.1, 0.15) is 24.3 Å². The molecule has 0 unspecified atom stereocenters. The predicted octanol–water partition coefficient (Wildman–Crippen LogP) is 1.75. The first-order valence-electron chi connectivity index (χ1n) is 6.99. The average molecular weight is 303 g/mol. The molecule has 0 bridgehead atoms. The predicted molar refractivity (Wildman–Crippen MR) is 81.2 cm³/mol. The third-order valence-corrected chi connectivity index (χ3v) is 4.26. The SMILES string of the molecule is O=C(CN1CCC[C@H](c2ccncc2)C1)Nc1nncs1. The molecule has 21 heavy (non-hydrogen) atoms. The lowest BCUT2D eigenvalue weighted by Gasteiger charge is -2.32. The minimum absolute atomic E-state index is 0.0258. The Morgan fingerprint density at radius 2 is 2.29 bits per heavy atom. The number of hydrogen-bond acceptors (Lipinski definition) is 6. The molecule has 3 heterocycles. The van der Waals surface area contributed by atoms with Gasteiger partial charge < -0.3 is 0 Å². The first-order valence-corrected chi connectivity index (χ1v) is 7.87. The zero-order valence-corrected chi connectivity index (χ0v) is 12.4. The standard InChI is InChI=1S/C14H17N5OS/c20-13(17-14-18-16-10-21-14)9-19-7-1-2-12(8-19)11-3-5-15-6-4-11/h3-6,10,12H,1-2,7-9H2,(H,17,18,20)/t12-/m0/s1. The van der Waals surface area contributed by atoms with Crippen molar-refractivity contribution in [2.75, 3.05) is 25.0 Å². The Morgan fingerprint density at radius 1 is 1.43 bits per heavy atom. The number of anilines is 1. The van der Waals surface area contributed by atoms with Crippen molar-refractivity contribution < 1.29 is 4.79 Å². The molecule has 1 atom stereocenters. The van der Waals surface area contributed by atoms with Crippen LogP contribution in [0.15, 0.2) is 30.0 Å². The highest BCUT2D eigenvalue weighted by atomic mass is 32.1. The molecule has 1 fully saturated rings. The monoisotopic (exact) mass is 303 g/mol. The van der Waals surface area contributed by atoms with Crippen molar-refractivity contribution in [2.24, 2.45) is 0 Å². The molecule has 0 radical (unpaired) electrons. The minimum Gasteiger partial charge on any atom is -0.299 e.